The van der Waals surface area contributed by atoms with E-state index in [0.717, 1.165) is 18.8 Å². The Morgan fingerprint density at radius 2 is 1.84 bits per heavy atom. The molecule has 0 fully saturated rings. The fourth-order valence-electron chi connectivity index (χ4n) is 1.76. The lowest BCUT2D eigenvalue weighted by atomic mass is 10.2. The van der Waals surface area contributed by atoms with Gasteiger partial charge in [-0.25, -0.2) is 0 Å². The highest BCUT2D eigenvalue weighted by Gasteiger charge is 2.09. The van der Waals surface area contributed by atoms with Crippen LogP contribution in [0.5, 0.6) is 0 Å². The van der Waals surface area contributed by atoms with Crippen molar-refractivity contribution >= 4 is 5.69 Å². The first kappa shape index (κ1) is 15.9. The van der Waals surface area contributed by atoms with Gasteiger partial charge < -0.3 is 19.5 Å². The van der Waals surface area contributed by atoms with Gasteiger partial charge in [-0.15, -0.1) is 0 Å². The molecule has 0 aliphatic rings. The monoisotopic (exact) mass is 268 g/mol. The van der Waals surface area contributed by atoms with Crippen LogP contribution in [0.2, 0.25) is 0 Å². The summed E-state index contributed by atoms with van der Waals surface area (Å²) in [6.45, 7) is 4.82. The lowest BCUT2D eigenvalue weighted by molar-refractivity contribution is 0.169. The van der Waals surface area contributed by atoms with Crippen molar-refractivity contribution in [1.29, 1.82) is 0 Å². The van der Waals surface area contributed by atoms with Crippen molar-refractivity contribution in [2.45, 2.75) is 19.4 Å². The van der Waals surface area contributed by atoms with E-state index < -0.39 is 6.10 Å². The van der Waals surface area contributed by atoms with Gasteiger partial charge in [0.1, 0.15) is 0 Å². The first-order valence-corrected chi connectivity index (χ1v) is 6.59. The Morgan fingerprint density at radius 1 is 1.21 bits per heavy atom. The third kappa shape index (κ3) is 5.14. The molecule has 1 heterocycles. The van der Waals surface area contributed by atoms with Gasteiger partial charge >= 0.3 is 0 Å². The predicted molar refractivity (Wildman–Crippen MR) is 75.5 cm³/mol. The van der Waals surface area contributed by atoms with E-state index in [1.807, 2.05) is 19.1 Å². The SMILES string of the molecule is CCC(O)c1ccc(N(CCOC)CCOC)cn1. The number of pyridine rings is 1. The number of hydrogen-bond donors (Lipinski definition) is 1. The van der Waals surface area contributed by atoms with Crippen molar-refractivity contribution < 1.29 is 14.6 Å². The molecule has 0 aromatic carbocycles. The molecule has 0 bridgehead atoms. The molecule has 5 heteroatoms. The number of rotatable bonds is 9. The normalized spacial score (nSPS) is 12.4. The summed E-state index contributed by atoms with van der Waals surface area (Å²) >= 11 is 0. The van der Waals surface area contributed by atoms with Crippen LogP contribution in [0.4, 0.5) is 5.69 Å². The van der Waals surface area contributed by atoms with Gasteiger partial charge in [-0.05, 0) is 18.6 Å². The number of ether oxygens (including phenoxy) is 2. The molecular formula is C14H24N2O3. The van der Waals surface area contributed by atoms with E-state index in [0.29, 0.717) is 25.3 Å². The topological polar surface area (TPSA) is 54.8 Å². The molecule has 108 valence electrons. The van der Waals surface area contributed by atoms with Gasteiger partial charge in [0.15, 0.2) is 0 Å². The summed E-state index contributed by atoms with van der Waals surface area (Å²) in [6, 6.07) is 3.85. The van der Waals surface area contributed by atoms with E-state index in [1.54, 1.807) is 20.4 Å². The van der Waals surface area contributed by atoms with Gasteiger partial charge in [0.25, 0.3) is 0 Å². The maximum atomic E-state index is 9.73. The van der Waals surface area contributed by atoms with Crippen LogP contribution in [-0.4, -0.2) is 50.6 Å². The van der Waals surface area contributed by atoms with Crippen molar-refractivity contribution in [2.24, 2.45) is 0 Å². The molecule has 1 rings (SSSR count). The van der Waals surface area contributed by atoms with E-state index in [9.17, 15) is 5.11 Å². The zero-order valence-corrected chi connectivity index (χ0v) is 12.0. The number of nitrogens with zero attached hydrogens (tertiary/aromatic N) is 2. The molecule has 0 saturated heterocycles. The molecule has 0 amide bonds. The zero-order valence-electron chi connectivity index (χ0n) is 12.0. The van der Waals surface area contributed by atoms with E-state index in [2.05, 4.69) is 9.88 Å². The molecular weight excluding hydrogens is 244 g/mol. The van der Waals surface area contributed by atoms with Crippen LogP contribution in [-0.2, 0) is 9.47 Å². The highest BCUT2D eigenvalue weighted by molar-refractivity contribution is 5.44. The van der Waals surface area contributed by atoms with Crippen molar-refractivity contribution in [2.75, 3.05) is 45.4 Å². The van der Waals surface area contributed by atoms with Crippen molar-refractivity contribution in [1.82, 2.24) is 4.98 Å². The Kier molecular flexibility index (Phi) is 7.40. The number of anilines is 1. The lowest BCUT2D eigenvalue weighted by Gasteiger charge is -2.24. The minimum absolute atomic E-state index is 0.486. The second-order valence-electron chi connectivity index (χ2n) is 4.34. The number of hydrogen-bond acceptors (Lipinski definition) is 5. The van der Waals surface area contributed by atoms with Crippen LogP contribution in [0, 0.1) is 0 Å². The zero-order chi connectivity index (χ0) is 14.1. The van der Waals surface area contributed by atoms with E-state index in [-0.39, 0.29) is 0 Å². The molecule has 5 nitrogen and oxygen atoms in total. The Labute approximate surface area is 115 Å². The summed E-state index contributed by atoms with van der Waals surface area (Å²) in [6.07, 6.45) is 1.98. The maximum Gasteiger partial charge on any atom is 0.0957 e. The summed E-state index contributed by atoms with van der Waals surface area (Å²) in [7, 11) is 3.38. The average molecular weight is 268 g/mol. The highest BCUT2D eigenvalue weighted by Crippen LogP contribution is 2.18. The van der Waals surface area contributed by atoms with E-state index in [4.69, 9.17) is 9.47 Å². The molecule has 1 N–H and O–H groups in total. The summed E-state index contributed by atoms with van der Waals surface area (Å²) in [4.78, 5) is 6.47. The van der Waals surface area contributed by atoms with E-state index in [1.165, 1.54) is 0 Å². The predicted octanol–water partition coefficient (Wildman–Crippen LogP) is 1.62. The Balaban J connectivity index is 2.71. The molecule has 1 unspecified atom stereocenters. The Morgan fingerprint density at radius 3 is 2.26 bits per heavy atom. The van der Waals surface area contributed by atoms with Crippen molar-refractivity contribution in [3.63, 3.8) is 0 Å². The minimum atomic E-state index is -0.486. The first-order valence-electron chi connectivity index (χ1n) is 6.59. The van der Waals surface area contributed by atoms with Gasteiger partial charge in [0, 0.05) is 27.3 Å². The van der Waals surface area contributed by atoms with Crippen LogP contribution < -0.4 is 4.90 Å². The quantitative estimate of drug-likeness (QED) is 0.737. The fourth-order valence-corrected chi connectivity index (χ4v) is 1.76. The van der Waals surface area contributed by atoms with Crippen molar-refractivity contribution in [3.8, 4) is 0 Å². The second-order valence-corrected chi connectivity index (χ2v) is 4.34. The summed E-state index contributed by atoms with van der Waals surface area (Å²) in [5.41, 5.74) is 1.73. The summed E-state index contributed by atoms with van der Waals surface area (Å²) < 4.78 is 10.2. The molecule has 0 aliphatic carbocycles. The lowest BCUT2D eigenvalue weighted by Crippen LogP contribution is -2.30. The van der Waals surface area contributed by atoms with Gasteiger partial charge in [-0.2, -0.15) is 0 Å². The molecule has 0 spiro atoms. The third-order valence-electron chi connectivity index (χ3n) is 2.99. The average Bonchev–Trinajstić information content (AvgIpc) is 2.47. The van der Waals surface area contributed by atoms with Crippen LogP contribution in [0.15, 0.2) is 18.3 Å². The number of aliphatic hydroxyl groups is 1. The van der Waals surface area contributed by atoms with Crippen molar-refractivity contribution in [3.05, 3.63) is 24.0 Å². The molecule has 1 aromatic heterocycles. The van der Waals surface area contributed by atoms with Crippen LogP contribution in [0.3, 0.4) is 0 Å². The van der Waals surface area contributed by atoms with Gasteiger partial charge in [-0.1, -0.05) is 6.92 Å². The number of aromatic nitrogens is 1. The van der Waals surface area contributed by atoms with Gasteiger partial charge in [0.2, 0.25) is 0 Å². The molecule has 1 atom stereocenters. The third-order valence-corrected chi connectivity index (χ3v) is 2.99. The number of methoxy groups -OCH3 is 2. The molecule has 1 aromatic rings. The number of aliphatic hydroxyl groups excluding tert-OH is 1. The minimum Gasteiger partial charge on any atom is -0.387 e. The highest BCUT2D eigenvalue weighted by atomic mass is 16.5. The first-order chi connectivity index (χ1) is 9.22. The largest absolute Gasteiger partial charge is 0.387 e. The Hall–Kier alpha value is -1.17. The Bertz CT molecular complexity index is 335. The van der Waals surface area contributed by atoms with Gasteiger partial charge in [-0.3, -0.25) is 4.98 Å². The molecule has 0 radical (unpaired) electrons. The van der Waals surface area contributed by atoms with Gasteiger partial charge in [0.05, 0.1) is 36.9 Å². The standard InChI is InChI=1S/C14H24N2O3/c1-4-14(17)13-6-5-12(11-15-13)16(7-9-18-2)8-10-19-3/h5-6,11,14,17H,4,7-10H2,1-3H3. The van der Waals surface area contributed by atoms with E-state index >= 15 is 0 Å². The molecule has 0 saturated carbocycles. The fraction of sp³-hybridized carbons (Fsp3) is 0.643. The molecule has 0 aliphatic heterocycles. The van der Waals surface area contributed by atoms with Crippen LogP contribution in [0.25, 0.3) is 0 Å². The maximum absolute atomic E-state index is 9.73. The second kappa shape index (κ2) is 8.85. The summed E-state index contributed by atoms with van der Waals surface area (Å²) in [5, 5.41) is 9.73. The summed E-state index contributed by atoms with van der Waals surface area (Å²) in [5.74, 6) is 0. The van der Waals surface area contributed by atoms with Crippen LogP contribution in [0.1, 0.15) is 25.1 Å². The molecule has 19 heavy (non-hydrogen) atoms. The van der Waals surface area contributed by atoms with Crippen LogP contribution >= 0.6 is 0 Å². The smallest absolute Gasteiger partial charge is 0.0957 e.